The highest BCUT2D eigenvalue weighted by Gasteiger charge is 2.27. The molecule has 0 aromatic carbocycles. The number of carboxylic acids is 1. The Bertz CT molecular complexity index is 347. The van der Waals surface area contributed by atoms with Crippen LogP contribution in [0.2, 0.25) is 0 Å². The Kier molecular flexibility index (Phi) is 5.79. The van der Waals surface area contributed by atoms with E-state index >= 15 is 0 Å². The van der Waals surface area contributed by atoms with E-state index in [-0.39, 0.29) is 36.6 Å². The molecule has 1 aliphatic rings. The number of amides is 2. The molecule has 108 valence electrons. The molecule has 0 aliphatic carbocycles. The van der Waals surface area contributed by atoms with Crippen LogP contribution in [0.1, 0.15) is 33.1 Å². The van der Waals surface area contributed by atoms with Gasteiger partial charge in [0.05, 0.1) is 6.42 Å². The number of hydrogen-bond donors (Lipinski definition) is 2. The molecule has 1 fully saturated rings. The number of hydrogen-bond acceptors (Lipinski definition) is 3. The first-order valence-electron chi connectivity index (χ1n) is 6.70. The molecule has 0 atom stereocenters. The lowest BCUT2D eigenvalue weighted by molar-refractivity contribution is -0.139. The SMILES string of the molecule is CC(C)C(=O)N1CCC(C(=O)NCCC(=O)O)CC1. The quantitative estimate of drug-likeness (QED) is 0.760. The predicted molar refractivity (Wildman–Crippen MR) is 69.4 cm³/mol. The van der Waals surface area contributed by atoms with Crippen LogP contribution in [-0.4, -0.2) is 47.4 Å². The summed E-state index contributed by atoms with van der Waals surface area (Å²) in [6.07, 6.45) is 1.24. The average molecular weight is 270 g/mol. The molecule has 0 spiro atoms. The van der Waals surface area contributed by atoms with Gasteiger partial charge in [0.25, 0.3) is 0 Å². The highest BCUT2D eigenvalue weighted by atomic mass is 16.4. The molecule has 6 nitrogen and oxygen atoms in total. The van der Waals surface area contributed by atoms with E-state index in [1.54, 1.807) is 4.90 Å². The van der Waals surface area contributed by atoms with Gasteiger partial charge in [-0.3, -0.25) is 14.4 Å². The first kappa shape index (κ1) is 15.5. The van der Waals surface area contributed by atoms with Gasteiger partial charge in [0.15, 0.2) is 0 Å². The molecule has 2 N–H and O–H groups in total. The molecule has 1 heterocycles. The van der Waals surface area contributed by atoms with Crippen molar-refractivity contribution in [2.45, 2.75) is 33.1 Å². The van der Waals surface area contributed by atoms with Gasteiger partial charge in [-0.1, -0.05) is 13.8 Å². The van der Waals surface area contributed by atoms with Gasteiger partial charge in [-0.2, -0.15) is 0 Å². The molecule has 0 aromatic rings. The van der Waals surface area contributed by atoms with Gasteiger partial charge in [0, 0.05) is 31.5 Å². The minimum atomic E-state index is -0.919. The Morgan fingerprint density at radius 3 is 2.32 bits per heavy atom. The van der Waals surface area contributed by atoms with Crippen molar-refractivity contribution in [3.8, 4) is 0 Å². The van der Waals surface area contributed by atoms with Gasteiger partial charge in [0.2, 0.25) is 11.8 Å². The Morgan fingerprint density at radius 2 is 1.84 bits per heavy atom. The van der Waals surface area contributed by atoms with Crippen LogP contribution >= 0.6 is 0 Å². The summed E-state index contributed by atoms with van der Waals surface area (Å²) in [6, 6.07) is 0. The van der Waals surface area contributed by atoms with Gasteiger partial charge in [-0.05, 0) is 12.8 Å². The van der Waals surface area contributed by atoms with Crippen molar-refractivity contribution in [2.75, 3.05) is 19.6 Å². The Labute approximate surface area is 113 Å². The molecule has 1 rings (SSSR count). The van der Waals surface area contributed by atoms with Gasteiger partial charge in [-0.25, -0.2) is 0 Å². The summed E-state index contributed by atoms with van der Waals surface area (Å²) in [4.78, 5) is 35.7. The maximum absolute atomic E-state index is 11.8. The van der Waals surface area contributed by atoms with Crippen molar-refractivity contribution in [1.29, 1.82) is 0 Å². The van der Waals surface area contributed by atoms with Crippen molar-refractivity contribution >= 4 is 17.8 Å². The molecule has 0 radical (unpaired) electrons. The van der Waals surface area contributed by atoms with Crippen molar-refractivity contribution in [1.82, 2.24) is 10.2 Å². The third-order valence-electron chi connectivity index (χ3n) is 3.31. The van der Waals surface area contributed by atoms with Crippen LogP contribution < -0.4 is 5.32 Å². The molecular formula is C13H22N2O4. The van der Waals surface area contributed by atoms with Gasteiger partial charge in [0.1, 0.15) is 0 Å². The fourth-order valence-corrected chi connectivity index (χ4v) is 2.16. The number of aliphatic carboxylic acids is 1. The Balaban J connectivity index is 2.31. The number of nitrogens with one attached hydrogen (secondary N) is 1. The van der Waals surface area contributed by atoms with Crippen LogP contribution in [0.4, 0.5) is 0 Å². The second kappa shape index (κ2) is 7.11. The van der Waals surface area contributed by atoms with Crippen LogP contribution in [0.3, 0.4) is 0 Å². The zero-order valence-corrected chi connectivity index (χ0v) is 11.5. The first-order valence-corrected chi connectivity index (χ1v) is 6.70. The lowest BCUT2D eigenvalue weighted by Crippen LogP contribution is -2.44. The number of likely N-dealkylation sites (tertiary alicyclic amines) is 1. The fourth-order valence-electron chi connectivity index (χ4n) is 2.16. The van der Waals surface area contributed by atoms with E-state index in [1.807, 2.05) is 13.8 Å². The summed E-state index contributed by atoms with van der Waals surface area (Å²) >= 11 is 0. The molecule has 19 heavy (non-hydrogen) atoms. The smallest absolute Gasteiger partial charge is 0.305 e. The third-order valence-corrected chi connectivity index (χ3v) is 3.31. The van der Waals surface area contributed by atoms with Gasteiger partial charge >= 0.3 is 5.97 Å². The van der Waals surface area contributed by atoms with Crippen molar-refractivity contribution in [3.63, 3.8) is 0 Å². The molecule has 2 amide bonds. The van der Waals surface area contributed by atoms with Crippen LogP contribution in [0.25, 0.3) is 0 Å². The lowest BCUT2D eigenvalue weighted by Gasteiger charge is -2.32. The van der Waals surface area contributed by atoms with E-state index in [0.29, 0.717) is 25.9 Å². The van der Waals surface area contributed by atoms with Crippen LogP contribution in [-0.2, 0) is 14.4 Å². The Hall–Kier alpha value is -1.59. The normalized spacial score (nSPS) is 16.5. The zero-order valence-electron chi connectivity index (χ0n) is 11.5. The van der Waals surface area contributed by atoms with Crippen molar-refractivity contribution < 1.29 is 19.5 Å². The highest BCUT2D eigenvalue weighted by Crippen LogP contribution is 2.18. The summed E-state index contributed by atoms with van der Waals surface area (Å²) in [5.74, 6) is -1.01. The van der Waals surface area contributed by atoms with Crippen LogP contribution in [0, 0.1) is 11.8 Å². The summed E-state index contributed by atoms with van der Waals surface area (Å²) < 4.78 is 0. The van der Waals surface area contributed by atoms with Crippen LogP contribution in [0.5, 0.6) is 0 Å². The number of carbonyl (C=O) groups excluding carboxylic acids is 2. The van der Waals surface area contributed by atoms with Gasteiger partial charge < -0.3 is 15.3 Å². The summed E-state index contributed by atoms with van der Waals surface area (Å²) in [6.45, 7) is 5.11. The lowest BCUT2D eigenvalue weighted by atomic mass is 9.95. The third kappa shape index (κ3) is 4.89. The predicted octanol–water partition coefficient (Wildman–Crippen LogP) is 0.472. The molecule has 6 heteroatoms. The number of rotatable bonds is 5. The largest absolute Gasteiger partial charge is 0.481 e. The molecule has 0 saturated carbocycles. The molecular weight excluding hydrogens is 248 g/mol. The Morgan fingerprint density at radius 1 is 1.26 bits per heavy atom. The monoisotopic (exact) mass is 270 g/mol. The summed E-state index contributed by atoms with van der Waals surface area (Å²) in [5, 5.41) is 11.1. The maximum atomic E-state index is 11.8. The number of carbonyl (C=O) groups is 3. The van der Waals surface area contributed by atoms with E-state index in [4.69, 9.17) is 5.11 Å². The van der Waals surface area contributed by atoms with Crippen LogP contribution in [0.15, 0.2) is 0 Å². The van der Waals surface area contributed by atoms with E-state index < -0.39 is 5.97 Å². The summed E-state index contributed by atoms with van der Waals surface area (Å²) in [5.41, 5.74) is 0. The second-order valence-electron chi connectivity index (χ2n) is 5.19. The molecule has 0 bridgehead atoms. The molecule has 1 aliphatic heterocycles. The van der Waals surface area contributed by atoms with E-state index in [1.165, 1.54) is 0 Å². The van der Waals surface area contributed by atoms with Crippen molar-refractivity contribution in [3.05, 3.63) is 0 Å². The molecule has 0 aromatic heterocycles. The van der Waals surface area contributed by atoms with E-state index in [0.717, 1.165) is 0 Å². The summed E-state index contributed by atoms with van der Waals surface area (Å²) in [7, 11) is 0. The van der Waals surface area contributed by atoms with Crippen molar-refractivity contribution in [2.24, 2.45) is 11.8 Å². The number of carboxylic acid groups (broad SMARTS) is 1. The second-order valence-corrected chi connectivity index (χ2v) is 5.19. The number of nitrogens with zero attached hydrogens (tertiary/aromatic N) is 1. The molecule has 0 unspecified atom stereocenters. The first-order chi connectivity index (χ1) is 8.91. The topological polar surface area (TPSA) is 86.7 Å². The minimum absolute atomic E-state index is 0.0130. The highest BCUT2D eigenvalue weighted by molar-refractivity contribution is 5.81. The van der Waals surface area contributed by atoms with E-state index in [9.17, 15) is 14.4 Å². The standard InChI is InChI=1S/C13H22N2O4/c1-9(2)13(19)15-7-4-10(5-8-15)12(18)14-6-3-11(16)17/h9-10H,3-8H2,1-2H3,(H,14,18)(H,16,17). The maximum Gasteiger partial charge on any atom is 0.305 e. The van der Waals surface area contributed by atoms with E-state index in [2.05, 4.69) is 5.32 Å². The average Bonchev–Trinajstić information content (AvgIpc) is 2.37. The van der Waals surface area contributed by atoms with Gasteiger partial charge in [-0.15, -0.1) is 0 Å². The minimum Gasteiger partial charge on any atom is -0.481 e. The zero-order chi connectivity index (χ0) is 14.4. The molecule has 1 saturated heterocycles. The fraction of sp³-hybridized carbons (Fsp3) is 0.769. The number of piperidine rings is 1.